The summed E-state index contributed by atoms with van der Waals surface area (Å²) in [6, 6.07) is 4.41. The van der Waals surface area contributed by atoms with E-state index in [1.54, 1.807) is 0 Å². The fourth-order valence-corrected chi connectivity index (χ4v) is 1.73. The van der Waals surface area contributed by atoms with Crippen LogP contribution in [0.15, 0.2) is 36.2 Å². The van der Waals surface area contributed by atoms with Gasteiger partial charge in [-0.05, 0) is 37.0 Å². The van der Waals surface area contributed by atoms with Crippen LogP contribution in [0.2, 0.25) is 0 Å². The number of allylic oxidation sites excluding steroid dienone is 1. The van der Waals surface area contributed by atoms with Crippen LogP contribution in [-0.2, 0) is 6.42 Å². The number of pyridine rings is 1. The van der Waals surface area contributed by atoms with Crippen LogP contribution in [0.5, 0.6) is 0 Å². The van der Waals surface area contributed by atoms with Gasteiger partial charge in [-0.15, -0.1) is 0 Å². The lowest BCUT2D eigenvalue weighted by Crippen LogP contribution is -2.11. The van der Waals surface area contributed by atoms with Crippen molar-refractivity contribution in [1.82, 2.24) is 4.98 Å². The molecule has 1 aliphatic rings. The first-order valence-electron chi connectivity index (χ1n) is 4.68. The Bertz CT molecular complexity index is 303. The topological polar surface area (TPSA) is 38.9 Å². The average molecular weight is 174 g/mol. The number of nitrogens with zero attached hydrogens (tertiary/aromatic N) is 1. The summed E-state index contributed by atoms with van der Waals surface area (Å²) in [5.41, 5.74) is 8.59. The van der Waals surface area contributed by atoms with E-state index in [4.69, 9.17) is 5.73 Å². The van der Waals surface area contributed by atoms with Gasteiger partial charge in [0.1, 0.15) is 0 Å². The largest absolute Gasteiger partial charge is 0.324 e. The smallest absolute Gasteiger partial charge is 0.0270 e. The van der Waals surface area contributed by atoms with E-state index < -0.39 is 0 Å². The molecule has 0 saturated carbocycles. The Balaban J connectivity index is 2.03. The van der Waals surface area contributed by atoms with E-state index in [9.17, 15) is 0 Å². The second-order valence-corrected chi connectivity index (χ2v) is 3.56. The Morgan fingerprint density at radius 2 is 2.15 bits per heavy atom. The molecule has 1 atom stereocenters. The predicted octanol–water partition coefficient (Wildman–Crippen LogP) is 1.67. The van der Waals surface area contributed by atoms with Crippen LogP contribution in [-0.4, -0.2) is 11.0 Å². The van der Waals surface area contributed by atoms with Gasteiger partial charge in [-0.2, -0.15) is 0 Å². The van der Waals surface area contributed by atoms with Gasteiger partial charge >= 0.3 is 0 Å². The SMILES string of the molecule is NC1C=C(Cc2ccncc2)CC1. The Morgan fingerprint density at radius 1 is 1.38 bits per heavy atom. The standard InChI is InChI=1S/C11H14N2/c12-11-2-1-10(8-11)7-9-3-5-13-6-4-9/h3-6,8,11H,1-2,7,12H2. The van der Waals surface area contributed by atoms with Crippen molar-refractivity contribution >= 4 is 0 Å². The third-order valence-electron chi connectivity index (χ3n) is 2.43. The first-order valence-corrected chi connectivity index (χ1v) is 4.68. The molecule has 1 heterocycles. The molecule has 0 radical (unpaired) electrons. The Kier molecular flexibility index (Phi) is 2.41. The van der Waals surface area contributed by atoms with Crippen LogP contribution in [0.25, 0.3) is 0 Å². The zero-order valence-electron chi connectivity index (χ0n) is 7.61. The van der Waals surface area contributed by atoms with Crippen molar-refractivity contribution < 1.29 is 0 Å². The van der Waals surface area contributed by atoms with Gasteiger partial charge in [0.25, 0.3) is 0 Å². The maximum absolute atomic E-state index is 5.79. The van der Waals surface area contributed by atoms with Crippen LogP contribution >= 0.6 is 0 Å². The summed E-state index contributed by atoms with van der Waals surface area (Å²) >= 11 is 0. The molecule has 2 nitrogen and oxygen atoms in total. The number of rotatable bonds is 2. The summed E-state index contributed by atoms with van der Waals surface area (Å²) in [5, 5.41) is 0. The molecular formula is C11H14N2. The van der Waals surface area contributed by atoms with Gasteiger partial charge in [0.05, 0.1) is 0 Å². The highest BCUT2D eigenvalue weighted by Crippen LogP contribution is 2.20. The fraction of sp³-hybridized carbons (Fsp3) is 0.364. The van der Waals surface area contributed by atoms with Crippen molar-refractivity contribution in [2.24, 2.45) is 5.73 Å². The van der Waals surface area contributed by atoms with Crippen LogP contribution in [0.3, 0.4) is 0 Å². The summed E-state index contributed by atoms with van der Waals surface area (Å²) in [6.45, 7) is 0. The van der Waals surface area contributed by atoms with Crippen LogP contribution in [0.4, 0.5) is 0 Å². The third kappa shape index (κ3) is 2.16. The normalized spacial score (nSPS) is 21.6. The molecule has 1 aromatic heterocycles. The Morgan fingerprint density at radius 3 is 2.77 bits per heavy atom. The lowest BCUT2D eigenvalue weighted by Gasteiger charge is -2.00. The highest BCUT2D eigenvalue weighted by atomic mass is 14.6. The molecular weight excluding hydrogens is 160 g/mol. The molecule has 0 saturated heterocycles. The van der Waals surface area contributed by atoms with Gasteiger partial charge in [-0.3, -0.25) is 4.98 Å². The quantitative estimate of drug-likeness (QED) is 0.693. The van der Waals surface area contributed by atoms with Gasteiger partial charge in [0, 0.05) is 18.4 Å². The molecule has 0 spiro atoms. The van der Waals surface area contributed by atoms with Crippen LogP contribution in [0.1, 0.15) is 18.4 Å². The minimum Gasteiger partial charge on any atom is -0.324 e. The lowest BCUT2D eigenvalue weighted by atomic mass is 10.1. The van der Waals surface area contributed by atoms with Crippen molar-refractivity contribution in [3.63, 3.8) is 0 Å². The van der Waals surface area contributed by atoms with Crippen LogP contribution in [0, 0.1) is 0 Å². The first-order chi connectivity index (χ1) is 6.34. The highest BCUT2D eigenvalue weighted by Gasteiger charge is 2.11. The van der Waals surface area contributed by atoms with Gasteiger partial charge in [-0.1, -0.05) is 11.6 Å². The zero-order chi connectivity index (χ0) is 9.10. The van der Waals surface area contributed by atoms with Crippen molar-refractivity contribution in [2.45, 2.75) is 25.3 Å². The molecule has 0 bridgehead atoms. The van der Waals surface area contributed by atoms with Gasteiger partial charge in [0.15, 0.2) is 0 Å². The fourth-order valence-electron chi connectivity index (χ4n) is 1.73. The molecule has 2 heteroatoms. The zero-order valence-corrected chi connectivity index (χ0v) is 7.61. The molecule has 1 unspecified atom stereocenters. The van der Waals surface area contributed by atoms with E-state index in [1.165, 1.54) is 11.1 Å². The van der Waals surface area contributed by atoms with E-state index in [2.05, 4.69) is 23.2 Å². The van der Waals surface area contributed by atoms with Gasteiger partial charge < -0.3 is 5.73 Å². The monoisotopic (exact) mass is 174 g/mol. The van der Waals surface area contributed by atoms with Crippen molar-refractivity contribution in [1.29, 1.82) is 0 Å². The molecule has 0 fully saturated rings. The van der Waals surface area contributed by atoms with Gasteiger partial charge in [-0.25, -0.2) is 0 Å². The van der Waals surface area contributed by atoms with E-state index >= 15 is 0 Å². The second-order valence-electron chi connectivity index (χ2n) is 3.56. The summed E-state index contributed by atoms with van der Waals surface area (Å²) in [7, 11) is 0. The molecule has 2 rings (SSSR count). The minimum atomic E-state index is 0.289. The molecule has 1 aromatic rings. The molecule has 0 aliphatic heterocycles. The molecule has 0 amide bonds. The maximum Gasteiger partial charge on any atom is 0.0270 e. The minimum absolute atomic E-state index is 0.289. The lowest BCUT2D eigenvalue weighted by molar-refractivity contribution is 0.770. The van der Waals surface area contributed by atoms with E-state index in [0.717, 1.165) is 19.3 Å². The average Bonchev–Trinajstić information content (AvgIpc) is 2.53. The molecule has 1 aliphatic carbocycles. The molecule has 0 aromatic carbocycles. The summed E-state index contributed by atoms with van der Waals surface area (Å²) in [5.74, 6) is 0. The maximum atomic E-state index is 5.79. The van der Waals surface area contributed by atoms with Crippen LogP contribution < -0.4 is 5.73 Å². The number of aromatic nitrogens is 1. The number of hydrogen-bond donors (Lipinski definition) is 1. The molecule has 2 N–H and O–H groups in total. The summed E-state index contributed by atoms with van der Waals surface area (Å²) < 4.78 is 0. The Labute approximate surface area is 78.5 Å². The first kappa shape index (κ1) is 8.45. The third-order valence-corrected chi connectivity index (χ3v) is 2.43. The van der Waals surface area contributed by atoms with E-state index in [1.807, 2.05) is 12.4 Å². The number of hydrogen-bond acceptors (Lipinski definition) is 2. The summed E-state index contributed by atoms with van der Waals surface area (Å²) in [4.78, 5) is 3.99. The molecule has 13 heavy (non-hydrogen) atoms. The predicted molar refractivity (Wildman–Crippen MR) is 53.2 cm³/mol. The molecule has 68 valence electrons. The highest BCUT2D eigenvalue weighted by molar-refractivity contribution is 5.23. The summed E-state index contributed by atoms with van der Waals surface area (Å²) in [6.07, 6.45) is 9.18. The second kappa shape index (κ2) is 3.71. The number of nitrogens with two attached hydrogens (primary N) is 1. The van der Waals surface area contributed by atoms with Crippen molar-refractivity contribution in [3.8, 4) is 0 Å². The Hall–Kier alpha value is -1.15. The van der Waals surface area contributed by atoms with E-state index in [-0.39, 0.29) is 6.04 Å². The van der Waals surface area contributed by atoms with Crippen molar-refractivity contribution in [2.75, 3.05) is 0 Å². The van der Waals surface area contributed by atoms with Gasteiger partial charge in [0.2, 0.25) is 0 Å². The van der Waals surface area contributed by atoms with Crippen molar-refractivity contribution in [3.05, 3.63) is 41.7 Å². The van der Waals surface area contributed by atoms with E-state index in [0.29, 0.717) is 0 Å².